The molecule has 2 fully saturated rings. The molecular weight excluding hydrogens is 356 g/mol. The lowest BCUT2D eigenvalue weighted by atomic mass is 9.84. The van der Waals surface area contributed by atoms with E-state index in [-0.39, 0.29) is 12.0 Å². The first-order valence-electron chi connectivity index (χ1n) is 9.90. The Labute approximate surface area is 164 Å². The Morgan fingerprint density at radius 3 is 2.64 bits per heavy atom. The van der Waals surface area contributed by atoms with E-state index in [2.05, 4.69) is 21.8 Å². The number of carboxylic acid groups (broad SMARTS) is 1. The standard InChI is InChI=1S/C21H26N4O3/c1-13-14(2)23-19(17-5-3-4-9-22-17)24-20(13)25-10-6-15(7-11-25)18-16(21(26)27)8-12-28-18/h3-5,9,15-16,18H,6-8,10-12H2,1-2H3,(H,26,27)/t16-,18+/m1/s1. The fraction of sp³-hybridized carbons (Fsp3) is 0.524. The predicted octanol–water partition coefficient (Wildman–Crippen LogP) is 2.86. The number of nitrogens with zero attached hydrogens (tertiary/aromatic N) is 4. The van der Waals surface area contributed by atoms with Crippen molar-refractivity contribution in [3.63, 3.8) is 0 Å². The second-order valence-corrected chi connectivity index (χ2v) is 7.69. The summed E-state index contributed by atoms with van der Waals surface area (Å²) >= 11 is 0. The number of carboxylic acids is 1. The molecule has 0 unspecified atom stereocenters. The Hall–Kier alpha value is -2.54. The maximum Gasteiger partial charge on any atom is 0.309 e. The number of piperidine rings is 1. The average Bonchev–Trinajstić information content (AvgIpc) is 3.21. The van der Waals surface area contributed by atoms with Crippen molar-refractivity contribution in [1.82, 2.24) is 15.0 Å². The van der Waals surface area contributed by atoms with Crippen LogP contribution < -0.4 is 4.90 Å². The van der Waals surface area contributed by atoms with Gasteiger partial charge in [-0.1, -0.05) is 6.07 Å². The zero-order valence-corrected chi connectivity index (χ0v) is 16.3. The van der Waals surface area contributed by atoms with E-state index in [9.17, 15) is 9.90 Å². The minimum Gasteiger partial charge on any atom is -0.481 e. The zero-order chi connectivity index (χ0) is 19.7. The number of anilines is 1. The van der Waals surface area contributed by atoms with Crippen molar-refractivity contribution in [3.8, 4) is 11.5 Å². The van der Waals surface area contributed by atoms with Gasteiger partial charge in [0.15, 0.2) is 5.82 Å². The highest BCUT2D eigenvalue weighted by Gasteiger charge is 2.40. The number of ether oxygens (including phenoxy) is 1. The second kappa shape index (κ2) is 7.83. The van der Waals surface area contributed by atoms with Crippen molar-refractivity contribution in [2.75, 3.05) is 24.6 Å². The Morgan fingerprint density at radius 2 is 1.96 bits per heavy atom. The molecule has 4 heterocycles. The molecule has 0 spiro atoms. The van der Waals surface area contributed by atoms with E-state index in [1.54, 1.807) is 6.20 Å². The van der Waals surface area contributed by atoms with E-state index in [1.807, 2.05) is 25.1 Å². The van der Waals surface area contributed by atoms with Gasteiger partial charge in [0.2, 0.25) is 0 Å². The highest BCUT2D eigenvalue weighted by molar-refractivity contribution is 5.71. The van der Waals surface area contributed by atoms with Crippen LogP contribution in [0.25, 0.3) is 11.5 Å². The van der Waals surface area contributed by atoms with Crippen LogP contribution in [0.2, 0.25) is 0 Å². The van der Waals surface area contributed by atoms with Crippen molar-refractivity contribution < 1.29 is 14.6 Å². The molecule has 2 aliphatic heterocycles. The van der Waals surface area contributed by atoms with Crippen LogP contribution in [0, 0.1) is 25.7 Å². The average molecular weight is 382 g/mol. The van der Waals surface area contributed by atoms with Crippen molar-refractivity contribution in [2.24, 2.45) is 11.8 Å². The van der Waals surface area contributed by atoms with Crippen LogP contribution in [0.15, 0.2) is 24.4 Å². The molecule has 1 N–H and O–H groups in total. The Bertz CT molecular complexity index is 850. The van der Waals surface area contributed by atoms with Crippen molar-refractivity contribution >= 4 is 11.8 Å². The zero-order valence-electron chi connectivity index (χ0n) is 16.3. The molecule has 7 heteroatoms. The first-order chi connectivity index (χ1) is 13.5. The van der Waals surface area contributed by atoms with Crippen LogP contribution in [0.3, 0.4) is 0 Å². The van der Waals surface area contributed by atoms with Gasteiger partial charge in [0, 0.05) is 37.2 Å². The molecule has 2 atom stereocenters. The van der Waals surface area contributed by atoms with Gasteiger partial charge in [0.25, 0.3) is 0 Å². The van der Waals surface area contributed by atoms with E-state index in [0.717, 1.165) is 48.7 Å². The molecule has 28 heavy (non-hydrogen) atoms. The van der Waals surface area contributed by atoms with Crippen LogP contribution in [-0.2, 0) is 9.53 Å². The van der Waals surface area contributed by atoms with Crippen molar-refractivity contribution in [1.29, 1.82) is 0 Å². The highest BCUT2D eigenvalue weighted by atomic mass is 16.5. The second-order valence-electron chi connectivity index (χ2n) is 7.69. The largest absolute Gasteiger partial charge is 0.481 e. The Kier molecular flexibility index (Phi) is 5.26. The molecule has 0 aromatic carbocycles. The lowest BCUT2D eigenvalue weighted by Gasteiger charge is -2.36. The third kappa shape index (κ3) is 3.58. The predicted molar refractivity (Wildman–Crippen MR) is 105 cm³/mol. The number of carbonyl (C=O) groups is 1. The van der Waals surface area contributed by atoms with E-state index in [4.69, 9.17) is 9.72 Å². The first kappa shape index (κ1) is 18.8. The fourth-order valence-corrected chi connectivity index (χ4v) is 4.31. The van der Waals surface area contributed by atoms with Crippen LogP contribution in [0.4, 0.5) is 5.82 Å². The van der Waals surface area contributed by atoms with Crippen LogP contribution in [0.5, 0.6) is 0 Å². The number of hydrogen-bond donors (Lipinski definition) is 1. The molecule has 0 bridgehead atoms. The lowest BCUT2D eigenvalue weighted by molar-refractivity contribution is -0.144. The SMILES string of the molecule is Cc1nc(-c2ccccn2)nc(N2CCC([C@@H]3OCC[C@H]3C(=O)O)CC2)c1C. The maximum atomic E-state index is 11.5. The van der Waals surface area contributed by atoms with E-state index < -0.39 is 5.97 Å². The van der Waals surface area contributed by atoms with Crippen LogP contribution in [-0.4, -0.2) is 51.8 Å². The molecule has 4 rings (SSSR count). The summed E-state index contributed by atoms with van der Waals surface area (Å²) in [6.07, 6.45) is 4.04. The van der Waals surface area contributed by atoms with Gasteiger partial charge in [-0.25, -0.2) is 9.97 Å². The Balaban J connectivity index is 1.52. The number of rotatable bonds is 4. The molecular formula is C21H26N4O3. The number of aliphatic carboxylic acids is 1. The quantitative estimate of drug-likeness (QED) is 0.870. The van der Waals surface area contributed by atoms with Crippen LogP contribution >= 0.6 is 0 Å². The number of aromatic nitrogens is 3. The molecule has 0 radical (unpaired) electrons. The summed E-state index contributed by atoms with van der Waals surface area (Å²) < 4.78 is 5.79. The van der Waals surface area contributed by atoms with Gasteiger partial charge in [-0.05, 0) is 51.2 Å². The van der Waals surface area contributed by atoms with Gasteiger partial charge in [0.05, 0.1) is 12.0 Å². The molecule has 0 saturated carbocycles. The summed E-state index contributed by atoms with van der Waals surface area (Å²) in [7, 11) is 0. The minimum absolute atomic E-state index is 0.156. The molecule has 2 aromatic heterocycles. The van der Waals surface area contributed by atoms with Gasteiger partial charge in [0.1, 0.15) is 11.5 Å². The third-order valence-electron chi connectivity index (χ3n) is 6.01. The van der Waals surface area contributed by atoms with Crippen LogP contribution in [0.1, 0.15) is 30.5 Å². The monoisotopic (exact) mass is 382 g/mol. The normalized spacial score (nSPS) is 23.1. The number of hydrogen-bond acceptors (Lipinski definition) is 6. The van der Waals surface area contributed by atoms with E-state index in [1.165, 1.54) is 0 Å². The summed E-state index contributed by atoms with van der Waals surface area (Å²) in [5.41, 5.74) is 2.81. The molecule has 148 valence electrons. The summed E-state index contributed by atoms with van der Waals surface area (Å²) in [6.45, 7) is 6.30. The summed E-state index contributed by atoms with van der Waals surface area (Å²) in [6, 6.07) is 5.74. The minimum atomic E-state index is -0.729. The first-order valence-corrected chi connectivity index (χ1v) is 9.90. The third-order valence-corrected chi connectivity index (χ3v) is 6.01. The van der Waals surface area contributed by atoms with Gasteiger partial charge in [-0.2, -0.15) is 0 Å². The van der Waals surface area contributed by atoms with Gasteiger partial charge >= 0.3 is 5.97 Å². The Morgan fingerprint density at radius 1 is 1.18 bits per heavy atom. The smallest absolute Gasteiger partial charge is 0.309 e. The van der Waals surface area contributed by atoms with Gasteiger partial charge < -0.3 is 14.7 Å². The lowest BCUT2D eigenvalue weighted by Crippen LogP contribution is -2.41. The number of aryl methyl sites for hydroxylation is 1. The van der Waals surface area contributed by atoms with Crippen molar-refractivity contribution in [2.45, 2.75) is 39.2 Å². The molecule has 7 nitrogen and oxygen atoms in total. The van der Waals surface area contributed by atoms with Crippen molar-refractivity contribution in [3.05, 3.63) is 35.7 Å². The molecule has 2 aromatic rings. The highest BCUT2D eigenvalue weighted by Crippen LogP contribution is 2.35. The summed E-state index contributed by atoms with van der Waals surface area (Å²) in [5.74, 6) is 0.792. The molecule has 0 amide bonds. The molecule has 2 aliphatic rings. The maximum absolute atomic E-state index is 11.5. The molecule has 2 saturated heterocycles. The topological polar surface area (TPSA) is 88.4 Å². The fourth-order valence-electron chi connectivity index (χ4n) is 4.31. The summed E-state index contributed by atoms with van der Waals surface area (Å²) in [4.78, 5) is 27.6. The van der Waals surface area contributed by atoms with Gasteiger partial charge in [-0.3, -0.25) is 9.78 Å². The van der Waals surface area contributed by atoms with Gasteiger partial charge in [-0.15, -0.1) is 0 Å². The summed E-state index contributed by atoms with van der Waals surface area (Å²) in [5, 5.41) is 9.44. The van der Waals surface area contributed by atoms with E-state index >= 15 is 0 Å². The van der Waals surface area contributed by atoms with E-state index in [0.29, 0.717) is 24.8 Å². The number of pyridine rings is 1. The molecule has 0 aliphatic carbocycles.